The van der Waals surface area contributed by atoms with Gasteiger partial charge in [-0.2, -0.15) is 0 Å². The van der Waals surface area contributed by atoms with Crippen LogP contribution in [0.5, 0.6) is 0 Å². The molecule has 5 atom stereocenters. The lowest BCUT2D eigenvalue weighted by Crippen LogP contribution is -2.26. The molecule has 1 fully saturated rings. The van der Waals surface area contributed by atoms with Crippen molar-refractivity contribution in [1.82, 2.24) is 19.5 Å². The number of hydrogen-bond donors (Lipinski definition) is 3. The number of allylic oxidation sites excluding steroid dienone is 2. The van der Waals surface area contributed by atoms with E-state index in [4.69, 9.17) is 31.3 Å². The first-order valence-corrected chi connectivity index (χ1v) is 13.0. The number of nitrogen functional groups attached to an aromatic ring is 1. The molecule has 1 saturated heterocycles. The van der Waals surface area contributed by atoms with Crippen molar-refractivity contribution in [3.8, 4) is 0 Å². The fourth-order valence-electron chi connectivity index (χ4n) is 3.95. The normalized spacial score (nSPS) is 27.9. The molecule has 2 aliphatic rings. The predicted octanol–water partition coefficient (Wildman–Crippen LogP) is 2.61. The van der Waals surface area contributed by atoms with Crippen molar-refractivity contribution in [1.29, 1.82) is 0 Å². The van der Waals surface area contributed by atoms with E-state index < -0.39 is 25.2 Å². The predicted molar refractivity (Wildman–Crippen MR) is 123 cm³/mol. The highest BCUT2D eigenvalue weighted by Gasteiger charge is 2.37. The van der Waals surface area contributed by atoms with E-state index in [1.165, 1.54) is 11.9 Å². The zero-order valence-corrected chi connectivity index (χ0v) is 19.5. The molecule has 0 radical (unpaired) electrons. The summed E-state index contributed by atoms with van der Waals surface area (Å²) in [6, 6.07) is 0. The molecule has 1 aliphatic carbocycles. The number of imidazole rings is 1. The minimum absolute atomic E-state index is 0.0913. The number of rotatable bonds is 8. The van der Waals surface area contributed by atoms with Gasteiger partial charge in [-0.25, -0.2) is 15.0 Å². The summed E-state index contributed by atoms with van der Waals surface area (Å²) in [4.78, 5) is 22.7. The highest BCUT2D eigenvalue weighted by Crippen LogP contribution is 2.46. The van der Waals surface area contributed by atoms with Gasteiger partial charge >= 0.3 is 6.72 Å². The summed E-state index contributed by atoms with van der Waals surface area (Å²) in [6.07, 6.45) is 6.14. The van der Waals surface area contributed by atoms with Crippen LogP contribution in [-0.2, 0) is 25.6 Å². The van der Waals surface area contributed by atoms with Crippen LogP contribution in [0.2, 0.25) is 0 Å². The van der Waals surface area contributed by atoms with Crippen molar-refractivity contribution in [2.45, 2.75) is 51.0 Å². The zero-order valence-electron chi connectivity index (χ0n) is 17.8. The summed E-state index contributed by atoms with van der Waals surface area (Å²) in [5, 5.41) is 10.4. The smallest absolute Gasteiger partial charge is 0.324 e. The molecule has 5 unspecified atom stereocenters. The number of aromatic nitrogens is 4. The number of anilines is 1. The Morgan fingerprint density at radius 3 is 2.94 bits per heavy atom. The Morgan fingerprint density at radius 1 is 1.41 bits per heavy atom. The molecule has 12 heteroatoms. The van der Waals surface area contributed by atoms with Gasteiger partial charge in [0.15, 0.2) is 11.5 Å². The monoisotopic (exact) mass is 481 g/mol. The summed E-state index contributed by atoms with van der Waals surface area (Å²) in [6.45, 7) is 2.73. The van der Waals surface area contributed by atoms with Crippen LogP contribution >= 0.6 is 6.72 Å². The molecule has 4 rings (SSSR count). The Bertz CT molecular complexity index is 1080. The van der Waals surface area contributed by atoms with E-state index in [2.05, 4.69) is 27.6 Å². The molecule has 174 valence electrons. The van der Waals surface area contributed by atoms with E-state index in [0.29, 0.717) is 23.5 Å². The van der Waals surface area contributed by atoms with Crippen LogP contribution in [0.3, 0.4) is 0 Å². The summed E-state index contributed by atoms with van der Waals surface area (Å²) in [5.41, 5.74) is 9.09. The van der Waals surface area contributed by atoms with Crippen LogP contribution in [-0.4, -0.2) is 54.9 Å². The van der Waals surface area contributed by atoms with E-state index in [0.717, 1.165) is 24.8 Å². The number of nitrogens with zero attached hydrogens (tertiary/aromatic N) is 4. The summed E-state index contributed by atoms with van der Waals surface area (Å²) in [5.74, 6) is 0.769. The topological polar surface area (TPSA) is 138 Å². The van der Waals surface area contributed by atoms with Crippen molar-refractivity contribution < 1.29 is 23.8 Å². The minimum atomic E-state index is -3.47. The molecule has 32 heavy (non-hydrogen) atoms. The average molecular weight is 482 g/mol. The zero-order chi connectivity index (χ0) is 22.9. The quantitative estimate of drug-likeness (QED) is 0.381. The van der Waals surface area contributed by atoms with Gasteiger partial charge in [-0.05, 0) is 49.5 Å². The van der Waals surface area contributed by atoms with Crippen LogP contribution in [0.4, 0.5) is 5.82 Å². The summed E-state index contributed by atoms with van der Waals surface area (Å²) in [7, 11) is 0. The van der Waals surface area contributed by atoms with E-state index in [9.17, 15) is 10.00 Å². The van der Waals surface area contributed by atoms with Gasteiger partial charge in [0.1, 0.15) is 24.2 Å². The lowest BCUT2D eigenvalue weighted by atomic mass is 9.86. The maximum absolute atomic E-state index is 10.4. The molecule has 2 aromatic heterocycles. The number of aliphatic hydroxyl groups excluding tert-OH is 1. The Balaban J connectivity index is 1.30. The molecular weight excluding hydrogens is 453 g/mol. The van der Waals surface area contributed by atoms with Gasteiger partial charge < -0.3 is 29.5 Å². The van der Waals surface area contributed by atoms with Gasteiger partial charge in [0.2, 0.25) is 0 Å². The molecular formula is C20H28N5O5PS. The minimum Gasteiger partial charge on any atom is -0.390 e. The lowest BCUT2D eigenvalue weighted by molar-refractivity contribution is -0.0408. The molecule has 0 amide bonds. The standard InChI is InChI=1S/C20H28N5O5PS/c1-12(2)14-5-3-13(4-6-14)8-28-31(27,32)29-9-16-15(26)7-17(30-16)25-11-24-18-19(21)22-10-23-20(18)25/h3,10-11,14-17,26H,1,4-9H2,2H3,(H,27,32)(H2,21,22,23). The molecule has 3 heterocycles. The second-order valence-corrected chi connectivity index (χ2v) is 11.1. The SMILES string of the molecule is C=C(C)C1CC=C(COP(O)(=S)OCC2OC(n3cnc4c(N)ncnc43)CC2O)CC1. The van der Waals surface area contributed by atoms with Crippen LogP contribution in [0, 0.1) is 5.92 Å². The fourth-order valence-corrected chi connectivity index (χ4v) is 5.03. The summed E-state index contributed by atoms with van der Waals surface area (Å²) >= 11 is 5.13. The van der Waals surface area contributed by atoms with E-state index in [-0.39, 0.29) is 19.0 Å². The Morgan fingerprint density at radius 2 is 2.22 bits per heavy atom. The Hall–Kier alpha value is -1.72. The van der Waals surface area contributed by atoms with Crippen LogP contribution in [0.25, 0.3) is 11.2 Å². The van der Waals surface area contributed by atoms with Gasteiger partial charge in [0.05, 0.1) is 25.6 Å². The third kappa shape index (κ3) is 5.26. The number of aliphatic hydroxyl groups is 1. The van der Waals surface area contributed by atoms with E-state index >= 15 is 0 Å². The van der Waals surface area contributed by atoms with Crippen molar-refractivity contribution in [2.24, 2.45) is 5.92 Å². The van der Waals surface area contributed by atoms with Gasteiger partial charge in [0.25, 0.3) is 0 Å². The van der Waals surface area contributed by atoms with Gasteiger partial charge in [-0.3, -0.25) is 4.57 Å². The highest BCUT2D eigenvalue weighted by atomic mass is 32.5. The number of nitrogens with two attached hydrogens (primary N) is 1. The van der Waals surface area contributed by atoms with E-state index in [1.54, 1.807) is 10.9 Å². The second kappa shape index (κ2) is 9.64. The second-order valence-electron chi connectivity index (χ2n) is 8.23. The number of fused-ring (bicyclic) bond motifs is 1. The van der Waals surface area contributed by atoms with Crippen molar-refractivity contribution in [3.05, 3.63) is 36.5 Å². The summed E-state index contributed by atoms with van der Waals surface area (Å²) < 4.78 is 18.6. The molecule has 0 spiro atoms. The molecule has 0 saturated carbocycles. The van der Waals surface area contributed by atoms with Crippen LogP contribution in [0.1, 0.15) is 38.8 Å². The first-order chi connectivity index (χ1) is 15.2. The average Bonchev–Trinajstić information content (AvgIpc) is 3.35. The maximum atomic E-state index is 10.4. The van der Waals surface area contributed by atoms with Gasteiger partial charge in [-0.15, -0.1) is 0 Å². The molecule has 0 bridgehead atoms. The molecule has 4 N–H and O–H groups in total. The third-order valence-corrected chi connectivity index (χ3v) is 7.48. The Labute approximate surface area is 191 Å². The first-order valence-electron chi connectivity index (χ1n) is 10.4. The third-order valence-electron chi connectivity index (χ3n) is 5.92. The number of hydrogen-bond acceptors (Lipinski definition) is 9. The van der Waals surface area contributed by atoms with Gasteiger partial charge in [0, 0.05) is 6.42 Å². The van der Waals surface area contributed by atoms with Crippen molar-refractivity contribution >= 4 is 35.5 Å². The fraction of sp³-hybridized carbons (Fsp3) is 0.550. The van der Waals surface area contributed by atoms with Gasteiger partial charge in [-0.1, -0.05) is 18.2 Å². The van der Waals surface area contributed by atoms with Crippen LogP contribution in [0.15, 0.2) is 36.5 Å². The highest BCUT2D eigenvalue weighted by molar-refractivity contribution is 8.07. The van der Waals surface area contributed by atoms with Crippen molar-refractivity contribution in [3.63, 3.8) is 0 Å². The molecule has 0 aromatic carbocycles. The lowest BCUT2D eigenvalue weighted by Gasteiger charge is -2.24. The first kappa shape index (κ1) is 23.4. The largest absolute Gasteiger partial charge is 0.390 e. The van der Waals surface area contributed by atoms with Crippen LogP contribution < -0.4 is 5.73 Å². The molecule has 1 aliphatic heterocycles. The maximum Gasteiger partial charge on any atom is 0.324 e. The van der Waals surface area contributed by atoms with Crippen molar-refractivity contribution in [2.75, 3.05) is 18.9 Å². The molecule has 10 nitrogen and oxygen atoms in total. The van der Waals surface area contributed by atoms with E-state index in [1.807, 2.05) is 6.92 Å². The number of ether oxygens (including phenoxy) is 1. The Kier molecular flexibility index (Phi) is 7.06. The molecule has 2 aromatic rings.